The van der Waals surface area contributed by atoms with E-state index in [2.05, 4.69) is 27.8 Å². The molecule has 0 radical (unpaired) electrons. The minimum absolute atomic E-state index is 0.564. The van der Waals surface area contributed by atoms with Crippen molar-refractivity contribution >= 4 is 44.8 Å². The van der Waals surface area contributed by atoms with E-state index in [9.17, 15) is 0 Å². The SMILES string of the molecule is C=C(NCc1ccc(Cl)c(Cl)c1)c1cccc(Br)c1. The summed E-state index contributed by atoms with van der Waals surface area (Å²) in [6, 6.07) is 13.6. The quantitative estimate of drug-likeness (QED) is 0.760. The molecule has 0 saturated carbocycles. The molecule has 0 spiro atoms. The Morgan fingerprint density at radius 2 is 1.89 bits per heavy atom. The molecule has 0 fully saturated rings. The second-order valence-electron chi connectivity index (χ2n) is 4.09. The maximum atomic E-state index is 5.98. The Balaban J connectivity index is 2.02. The zero-order chi connectivity index (χ0) is 13.8. The van der Waals surface area contributed by atoms with Crippen molar-refractivity contribution in [3.63, 3.8) is 0 Å². The van der Waals surface area contributed by atoms with E-state index in [1.54, 1.807) is 6.07 Å². The van der Waals surface area contributed by atoms with Crippen LogP contribution >= 0.6 is 39.1 Å². The maximum absolute atomic E-state index is 5.98. The van der Waals surface area contributed by atoms with Crippen molar-refractivity contribution in [3.8, 4) is 0 Å². The van der Waals surface area contributed by atoms with Gasteiger partial charge in [-0.25, -0.2) is 0 Å². The first kappa shape index (κ1) is 14.4. The molecule has 1 N–H and O–H groups in total. The van der Waals surface area contributed by atoms with Gasteiger partial charge in [0.15, 0.2) is 0 Å². The fourth-order valence-electron chi connectivity index (χ4n) is 1.64. The van der Waals surface area contributed by atoms with E-state index in [0.29, 0.717) is 16.6 Å². The highest BCUT2D eigenvalue weighted by Crippen LogP contribution is 2.23. The first-order valence-corrected chi connectivity index (χ1v) is 7.24. The molecule has 2 aromatic rings. The van der Waals surface area contributed by atoms with Crippen LogP contribution < -0.4 is 5.32 Å². The standard InChI is InChI=1S/C15H12BrCl2N/c1-10(12-3-2-4-13(16)8-12)19-9-11-5-6-14(17)15(18)7-11/h2-8,19H,1,9H2. The lowest BCUT2D eigenvalue weighted by atomic mass is 10.1. The van der Waals surface area contributed by atoms with Crippen LogP contribution in [0.4, 0.5) is 0 Å². The Labute approximate surface area is 131 Å². The van der Waals surface area contributed by atoms with Crippen LogP contribution in [0.15, 0.2) is 53.5 Å². The molecule has 0 amide bonds. The highest BCUT2D eigenvalue weighted by Gasteiger charge is 2.02. The number of hydrogen-bond donors (Lipinski definition) is 1. The van der Waals surface area contributed by atoms with Gasteiger partial charge in [-0.3, -0.25) is 0 Å². The minimum atomic E-state index is 0.564. The second-order valence-corrected chi connectivity index (χ2v) is 5.82. The number of halogens is 3. The predicted octanol–water partition coefficient (Wildman–Crippen LogP) is 5.52. The lowest BCUT2D eigenvalue weighted by Gasteiger charge is -2.10. The molecule has 0 aliphatic carbocycles. The van der Waals surface area contributed by atoms with Crippen LogP contribution in [0.2, 0.25) is 10.0 Å². The summed E-state index contributed by atoms with van der Waals surface area (Å²) in [4.78, 5) is 0. The fourth-order valence-corrected chi connectivity index (χ4v) is 2.36. The summed E-state index contributed by atoms with van der Waals surface area (Å²) in [5, 5.41) is 4.40. The average molecular weight is 357 g/mol. The molecule has 0 aliphatic heterocycles. The number of nitrogens with one attached hydrogen (secondary N) is 1. The molecule has 0 unspecified atom stereocenters. The molecule has 2 aromatic carbocycles. The molecule has 0 aromatic heterocycles. The molecule has 0 atom stereocenters. The van der Waals surface area contributed by atoms with Crippen LogP contribution in [0.1, 0.15) is 11.1 Å². The maximum Gasteiger partial charge on any atom is 0.0595 e. The van der Waals surface area contributed by atoms with Crippen molar-refractivity contribution in [2.45, 2.75) is 6.54 Å². The van der Waals surface area contributed by atoms with Gasteiger partial charge in [-0.15, -0.1) is 0 Å². The van der Waals surface area contributed by atoms with Crippen LogP contribution in [0.25, 0.3) is 5.70 Å². The van der Waals surface area contributed by atoms with Gasteiger partial charge in [0.05, 0.1) is 10.0 Å². The van der Waals surface area contributed by atoms with Crippen molar-refractivity contribution < 1.29 is 0 Å². The molecule has 4 heteroatoms. The molecule has 19 heavy (non-hydrogen) atoms. The molecule has 0 heterocycles. The van der Waals surface area contributed by atoms with Crippen LogP contribution in [0.5, 0.6) is 0 Å². The van der Waals surface area contributed by atoms with Gasteiger partial charge in [0, 0.05) is 16.7 Å². The van der Waals surface area contributed by atoms with Gasteiger partial charge in [0.1, 0.15) is 0 Å². The first-order chi connectivity index (χ1) is 9.06. The normalized spacial score (nSPS) is 10.3. The summed E-state index contributed by atoms with van der Waals surface area (Å²) in [6.45, 7) is 4.69. The van der Waals surface area contributed by atoms with Crippen molar-refractivity contribution in [1.29, 1.82) is 0 Å². The zero-order valence-corrected chi connectivity index (χ0v) is 13.2. The molecule has 1 nitrogen and oxygen atoms in total. The van der Waals surface area contributed by atoms with E-state index < -0.39 is 0 Å². The smallest absolute Gasteiger partial charge is 0.0595 e. The largest absolute Gasteiger partial charge is 0.381 e. The highest BCUT2D eigenvalue weighted by atomic mass is 79.9. The number of hydrogen-bond acceptors (Lipinski definition) is 1. The summed E-state index contributed by atoms with van der Waals surface area (Å²) in [5.74, 6) is 0. The van der Waals surface area contributed by atoms with Crippen molar-refractivity contribution in [2.75, 3.05) is 0 Å². The van der Waals surface area contributed by atoms with Crippen LogP contribution in [-0.4, -0.2) is 0 Å². The van der Waals surface area contributed by atoms with Crippen molar-refractivity contribution in [1.82, 2.24) is 5.32 Å². The summed E-state index contributed by atoms with van der Waals surface area (Å²) in [6.07, 6.45) is 0. The van der Waals surface area contributed by atoms with E-state index >= 15 is 0 Å². The van der Waals surface area contributed by atoms with Gasteiger partial charge in [0.25, 0.3) is 0 Å². The van der Waals surface area contributed by atoms with Crippen LogP contribution in [0.3, 0.4) is 0 Å². The third-order valence-electron chi connectivity index (χ3n) is 2.66. The molecule has 0 saturated heterocycles. The van der Waals surface area contributed by atoms with Crippen LogP contribution in [0, 0.1) is 0 Å². The van der Waals surface area contributed by atoms with Crippen LogP contribution in [-0.2, 0) is 6.54 Å². The van der Waals surface area contributed by atoms with Gasteiger partial charge < -0.3 is 5.32 Å². The average Bonchev–Trinajstić information content (AvgIpc) is 2.40. The molecular weight excluding hydrogens is 345 g/mol. The van der Waals surface area contributed by atoms with Crippen molar-refractivity contribution in [3.05, 3.63) is 74.7 Å². The number of rotatable bonds is 4. The van der Waals surface area contributed by atoms with E-state index in [-0.39, 0.29) is 0 Å². The van der Waals surface area contributed by atoms with Gasteiger partial charge >= 0.3 is 0 Å². The molecular formula is C15H12BrCl2N. The fraction of sp³-hybridized carbons (Fsp3) is 0.0667. The number of benzene rings is 2. The van der Waals surface area contributed by atoms with Gasteiger partial charge in [-0.2, -0.15) is 0 Å². The lowest BCUT2D eigenvalue weighted by Crippen LogP contribution is -2.10. The minimum Gasteiger partial charge on any atom is -0.381 e. The van der Waals surface area contributed by atoms with E-state index in [1.807, 2.05) is 36.4 Å². The highest BCUT2D eigenvalue weighted by molar-refractivity contribution is 9.10. The van der Waals surface area contributed by atoms with E-state index in [4.69, 9.17) is 23.2 Å². The Kier molecular flexibility index (Phi) is 4.92. The Morgan fingerprint density at radius 1 is 1.11 bits per heavy atom. The van der Waals surface area contributed by atoms with Crippen molar-refractivity contribution in [2.24, 2.45) is 0 Å². The summed E-state index contributed by atoms with van der Waals surface area (Å²) in [7, 11) is 0. The predicted molar refractivity (Wildman–Crippen MR) is 86.5 cm³/mol. The van der Waals surface area contributed by atoms with Gasteiger partial charge in [0.2, 0.25) is 0 Å². The van der Waals surface area contributed by atoms with E-state index in [0.717, 1.165) is 21.3 Å². The van der Waals surface area contributed by atoms with Gasteiger partial charge in [-0.05, 0) is 35.4 Å². The molecule has 0 bridgehead atoms. The Hall–Kier alpha value is -0.960. The monoisotopic (exact) mass is 355 g/mol. The van der Waals surface area contributed by atoms with Gasteiger partial charge in [-0.1, -0.05) is 63.9 Å². The molecule has 2 rings (SSSR count). The topological polar surface area (TPSA) is 12.0 Å². The summed E-state index contributed by atoms with van der Waals surface area (Å²) < 4.78 is 1.03. The van der Waals surface area contributed by atoms with E-state index in [1.165, 1.54) is 0 Å². The lowest BCUT2D eigenvalue weighted by molar-refractivity contribution is 0.892. The third-order valence-corrected chi connectivity index (χ3v) is 3.90. The second kappa shape index (κ2) is 6.47. The Morgan fingerprint density at radius 3 is 2.58 bits per heavy atom. The summed E-state index contributed by atoms with van der Waals surface area (Å²) >= 11 is 15.3. The molecule has 98 valence electrons. The molecule has 0 aliphatic rings. The Bertz CT molecular complexity index is 611. The summed E-state index contributed by atoms with van der Waals surface area (Å²) in [5.41, 5.74) is 2.98. The zero-order valence-electron chi connectivity index (χ0n) is 10.1. The first-order valence-electron chi connectivity index (χ1n) is 5.69. The third kappa shape index (κ3) is 4.00.